The van der Waals surface area contributed by atoms with Crippen LogP contribution in [0, 0.1) is 5.92 Å². The first-order valence-corrected chi connectivity index (χ1v) is 8.94. The van der Waals surface area contributed by atoms with Crippen LogP contribution in [-0.2, 0) is 25.5 Å². The smallest absolute Gasteiger partial charge is 0.309 e. The van der Waals surface area contributed by atoms with Crippen molar-refractivity contribution in [2.75, 3.05) is 7.11 Å². The van der Waals surface area contributed by atoms with E-state index in [4.69, 9.17) is 14.2 Å². The van der Waals surface area contributed by atoms with Crippen molar-refractivity contribution in [3.05, 3.63) is 29.3 Å². The van der Waals surface area contributed by atoms with E-state index in [2.05, 4.69) is 13.8 Å². The van der Waals surface area contributed by atoms with E-state index in [1.54, 1.807) is 0 Å². The molecule has 1 fully saturated rings. The maximum atomic E-state index is 11.6. The minimum atomic E-state index is -0.414. The summed E-state index contributed by atoms with van der Waals surface area (Å²) in [5.74, 6) is 0.726. The Morgan fingerprint density at radius 1 is 1.40 bits per heavy atom. The maximum absolute atomic E-state index is 11.6. The Labute approximate surface area is 148 Å². The number of methoxy groups -OCH3 is 1. The van der Waals surface area contributed by atoms with E-state index in [1.807, 2.05) is 18.2 Å². The zero-order valence-corrected chi connectivity index (χ0v) is 15.1. The molecule has 5 heteroatoms. The fraction of sp³-hybridized carbons (Fsp3) is 0.600. The van der Waals surface area contributed by atoms with Crippen LogP contribution >= 0.6 is 0 Å². The molecular formula is C20H26O5. The molecule has 0 saturated carbocycles. The van der Waals surface area contributed by atoms with Crippen LogP contribution < -0.4 is 4.74 Å². The number of benzene rings is 1. The minimum Gasteiger partial charge on any atom is -0.487 e. The molecule has 0 amide bonds. The number of carbonyl (C=O) groups is 2. The van der Waals surface area contributed by atoms with Crippen LogP contribution in [0.5, 0.6) is 5.75 Å². The molecule has 2 aliphatic rings. The van der Waals surface area contributed by atoms with Gasteiger partial charge in [-0.15, -0.1) is 0 Å². The normalized spacial score (nSPS) is 30.6. The van der Waals surface area contributed by atoms with Crippen molar-refractivity contribution >= 4 is 12.3 Å². The number of esters is 1. The molecule has 0 spiro atoms. The van der Waals surface area contributed by atoms with Gasteiger partial charge in [-0.3, -0.25) is 4.79 Å². The lowest BCUT2D eigenvalue weighted by Gasteiger charge is -2.50. The van der Waals surface area contributed by atoms with E-state index in [9.17, 15) is 9.59 Å². The molecule has 0 unspecified atom stereocenters. The third kappa shape index (κ3) is 3.56. The molecule has 2 heterocycles. The maximum Gasteiger partial charge on any atom is 0.309 e. The van der Waals surface area contributed by atoms with Crippen LogP contribution in [0.25, 0.3) is 0 Å². The average molecular weight is 346 g/mol. The van der Waals surface area contributed by atoms with E-state index < -0.39 is 5.60 Å². The first-order chi connectivity index (χ1) is 12.0. The summed E-state index contributed by atoms with van der Waals surface area (Å²) in [6, 6.07) is 5.80. The molecule has 1 aromatic rings. The number of rotatable bonds is 5. The molecule has 0 N–H and O–H groups in total. The predicted octanol–water partition coefficient (Wildman–Crippen LogP) is 3.39. The van der Waals surface area contributed by atoms with Crippen LogP contribution in [0.2, 0.25) is 0 Å². The van der Waals surface area contributed by atoms with Gasteiger partial charge in [-0.1, -0.05) is 6.07 Å². The molecule has 0 aromatic heterocycles. The Balaban J connectivity index is 1.96. The predicted molar refractivity (Wildman–Crippen MR) is 92.5 cm³/mol. The molecule has 2 aliphatic heterocycles. The standard InChI is InChI=1S/C20H26O5/c1-13-5-7-16-19(24-13)15-11-14(12-18(22)23-3)6-8-17(15)25-20(16,2)9-4-10-21/h6,8,10-11,13,16,19H,4-5,7,9,12H2,1-3H3/t13-,16-,19+,20+/m1/s1. The Kier molecular flexibility index (Phi) is 5.13. The Hall–Kier alpha value is -1.88. The first kappa shape index (κ1) is 17.9. The summed E-state index contributed by atoms with van der Waals surface area (Å²) in [7, 11) is 1.39. The quantitative estimate of drug-likeness (QED) is 0.604. The van der Waals surface area contributed by atoms with Gasteiger partial charge in [0.05, 0.1) is 25.7 Å². The van der Waals surface area contributed by atoms with Gasteiger partial charge in [0.1, 0.15) is 17.6 Å². The highest BCUT2D eigenvalue weighted by Gasteiger charge is 2.49. The number of carbonyl (C=O) groups excluding carboxylic acids is 2. The van der Waals surface area contributed by atoms with Crippen LogP contribution in [0.3, 0.4) is 0 Å². The molecule has 0 radical (unpaired) electrons. The highest BCUT2D eigenvalue weighted by Crippen LogP contribution is 2.52. The summed E-state index contributed by atoms with van der Waals surface area (Å²) >= 11 is 0. The second-order valence-corrected chi connectivity index (χ2v) is 7.30. The molecule has 5 nitrogen and oxygen atoms in total. The van der Waals surface area contributed by atoms with Crippen LogP contribution in [-0.4, -0.2) is 31.1 Å². The highest BCUT2D eigenvalue weighted by atomic mass is 16.5. The second kappa shape index (κ2) is 7.16. The SMILES string of the molecule is COC(=O)Cc1ccc2c(c1)[C@@H]1O[C@H](C)CC[C@H]1[C@](C)(CCC=O)O2. The molecule has 1 aromatic carbocycles. The van der Waals surface area contributed by atoms with Gasteiger partial charge < -0.3 is 19.0 Å². The van der Waals surface area contributed by atoms with E-state index in [0.717, 1.165) is 36.0 Å². The van der Waals surface area contributed by atoms with Gasteiger partial charge in [0, 0.05) is 17.9 Å². The van der Waals surface area contributed by atoms with E-state index in [0.29, 0.717) is 12.8 Å². The van der Waals surface area contributed by atoms with Crippen LogP contribution in [0.1, 0.15) is 56.8 Å². The molecule has 0 bridgehead atoms. The summed E-state index contributed by atoms with van der Waals surface area (Å²) in [5.41, 5.74) is 1.48. The largest absolute Gasteiger partial charge is 0.487 e. The summed E-state index contributed by atoms with van der Waals surface area (Å²) < 4.78 is 17.4. The van der Waals surface area contributed by atoms with Crippen LogP contribution in [0.15, 0.2) is 18.2 Å². The number of hydrogen-bond acceptors (Lipinski definition) is 5. The monoisotopic (exact) mass is 346 g/mol. The van der Waals surface area contributed by atoms with Gasteiger partial charge in [-0.25, -0.2) is 0 Å². The lowest BCUT2D eigenvalue weighted by Crippen LogP contribution is -2.50. The molecule has 1 saturated heterocycles. The van der Waals surface area contributed by atoms with Crippen molar-refractivity contribution in [3.8, 4) is 5.75 Å². The number of hydrogen-bond donors (Lipinski definition) is 0. The topological polar surface area (TPSA) is 61.8 Å². The van der Waals surface area contributed by atoms with E-state index >= 15 is 0 Å². The van der Waals surface area contributed by atoms with Gasteiger partial charge in [0.2, 0.25) is 0 Å². The van der Waals surface area contributed by atoms with Crippen molar-refractivity contribution in [3.63, 3.8) is 0 Å². The number of aldehydes is 1. The van der Waals surface area contributed by atoms with Gasteiger partial charge in [-0.05, 0) is 50.8 Å². The molecule has 0 aliphatic carbocycles. The number of fused-ring (bicyclic) bond motifs is 3. The lowest BCUT2D eigenvalue weighted by atomic mass is 9.72. The minimum absolute atomic E-state index is 0.0678. The molecule has 25 heavy (non-hydrogen) atoms. The van der Waals surface area contributed by atoms with Crippen molar-refractivity contribution in [2.24, 2.45) is 5.92 Å². The fourth-order valence-electron chi connectivity index (χ4n) is 4.07. The Morgan fingerprint density at radius 2 is 2.20 bits per heavy atom. The molecule has 4 atom stereocenters. The van der Waals surface area contributed by atoms with Crippen molar-refractivity contribution < 1.29 is 23.8 Å². The zero-order chi connectivity index (χ0) is 18.0. The zero-order valence-electron chi connectivity index (χ0n) is 15.1. The van der Waals surface area contributed by atoms with Crippen molar-refractivity contribution in [1.82, 2.24) is 0 Å². The molecular weight excluding hydrogens is 320 g/mol. The Morgan fingerprint density at radius 3 is 2.92 bits per heavy atom. The van der Waals surface area contributed by atoms with Gasteiger partial charge in [0.15, 0.2) is 0 Å². The third-order valence-electron chi connectivity index (χ3n) is 5.47. The van der Waals surface area contributed by atoms with Gasteiger partial charge in [-0.2, -0.15) is 0 Å². The summed E-state index contributed by atoms with van der Waals surface area (Å²) in [4.78, 5) is 22.5. The summed E-state index contributed by atoms with van der Waals surface area (Å²) in [5, 5.41) is 0. The Bertz CT molecular complexity index is 655. The van der Waals surface area contributed by atoms with E-state index in [1.165, 1.54) is 7.11 Å². The third-order valence-corrected chi connectivity index (χ3v) is 5.47. The van der Waals surface area contributed by atoms with Crippen LogP contribution in [0.4, 0.5) is 0 Å². The lowest BCUT2D eigenvalue weighted by molar-refractivity contribution is -0.153. The van der Waals surface area contributed by atoms with Gasteiger partial charge in [0.25, 0.3) is 0 Å². The average Bonchev–Trinajstić information content (AvgIpc) is 2.60. The van der Waals surface area contributed by atoms with Gasteiger partial charge >= 0.3 is 5.97 Å². The second-order valence-electron chi connectivity index (χ2n) is 7.30. The fourth-order valence-corrected chi connectivity index (χ4v) is 4.07. The highest BCUT2D eigenvalue weighted by molar-refractivity contribution is 5.72. The van der Waals surface area contributed by atoms with Crippen molar-refractivity contribution in [2.45, 2.75) is 63.8 Å². The molecule has 136 valence electrons. The van der Waals surface area contributed by atoms with Crippen molar-refractivity contribution in [1.29, 1.82) is 0 Å². The first-order valence-electron chi connectivity index (χ1n) is 8.94. The van der Waals surface area contributed by atoms with E-state index in [-0.39, 0.29) is 30.5 Å². The number of ether oxygens (including phenoxy) is 3. The summed E-state index contributed by atoms with van der Waals surface area (Å²) in [6.07, 6.45) is 4.45. The summed E-state index contributed by atoms with van der Waals surface area (Å²) in [6.45, 7) is 4.17. The molecule has 3 rings (SSSR count).